The molecule has 1 heterocycles. The Morgan fingerprint density at radius 1 is 1.28 bits per heavy atom. The van der Waals surface area contributed by atoms with E-state index in [-0.39, 0.29) is 5.69 Å². The Kier molecular flexibility index (Phi) is 3.28. The molecule has 0 aliphatic heterocycles. The fourth-order valence-corrected chi connectivity index (χ4v) is 1.75. The van der Waals surface area contributed by atoms with Crippen molar-refractivity contribution in [2.24, 2.45) is 0 Å². The summed E-state index contributed by atoms with van der Waals surface area (Å²) < 4.78 is 5.18. The summed E-state index contributed by atoms with van der Waals surface area (Å²) in [5, 5.41) is 8.91. The first-order valence-electron chi connectivity index (χ1n) is 5.47. The highest BCUT2D eigenvalue weighted by Crippen LogP contribution is 2.24. The zero-order valence-electron chi connectivity index (χ0n) is 10.2. The maximum Gasteiger partial charge on any atom is 0.354 e. The van der Waals surface area contributed by atoms with Crippen LogP contribution in [0.5, 0.6) is 5.75 Å². The van der Waals surface area contributed by atoms with E-state index < -0.39 is 5.97 Å². The largest absolute Gasteiger partial charge is 0.496 e. The van der Waals surface area contributed by atoms with Crippen molar-refractivity contribution in [3.05, 3.63) is 47.7 Å². The number of aryl methyl sites for hydroxylation is 1. The number of aromatic nitrogens is 1. The summed E-state index contributed by atoms with van der Waals surface area (Å²) in [5.74, 6) is -0.227. The van der Waals surface area contributed by atoms with Gasteiger partial charge in [-0.3, -0.25) is 0 Å². The predicted molar refractivity (Wildman–Crippen MR) is 67.9 cm³/mol. The lowest BCUT2D eigenvalue weighted by molar-refractivity contribution is 0.0690. The Bertz CT molecular complexity index is 593. The smallest absolute Gasteiger partial charge is 0.354 e. The number of nitrogens with zero attached hydrogens (tertiary/aromatic N) is 1. The van der Waals surface area contributed by atoms with Crippen LogP contribution in [0.4, 0.5) is 0 Å². The van der Waals surface area contributed by atoms with Gasteiger partial charge in [0.1, 0.15) is 11.4 Å². The number of carboxylic acid groups (broad SMARTS) is 1. The minimum atomic E-state index is -1.03. The molecule has 0 bridgehead atoms. The summed E-state index contributed by atoms with van der Waals surface area (Å²) in [7, 11) is 1.62. The van der Waals surface area contributed by atoms with E-state index in [1.54, 1.807) is 19.2 Å². The summed E-state index contributed by atoms with van der Waals surface area (Å²) in [6, 6.07) is 10.6. The average Bonchev–Trinajstić information content (AvgIpc) is 2.38. The number of carbonyl (C=O) groups is 1. The molecule has 0 atom stereocenters. The van der Waals surface area contributed by atoms with Crippen molar-refractivity contribution in [1.29, 1.82) is 0 Å². The minimum absolute atomic E-state index is 0.0426. The normalized spacial score (nSPS) is 10.1. The molecule has 1 aromatic heterocycles. The van der Waals surface area contributed by atoms with E-state index in [9.17, 15) is 4.79 Å². The summed E-state index contributed by atoms with van der Waals surface area (Å²) in [4.78, 5) is 15.0. The van der Waals surface area contributed by atoms with Gasteiger partial charge in [-0.25, -0.2) is 9.78 Å². The van der Waals surface area contributed by atoms with Gasteiger partial charge in [-0.1, -0.05) is 6.07 Å². The Balaban J connectivity index is 2.45. The Labute approximate surface area is 105 Å². The van der Waals surface area contributed by atoms with E-state index in [2.05, 4.69) is 4.98 Å². The lowest BCUT2D eigenvalue weighted by atomic mass is 10.1. The first-order valence-corrected chi connectivity index (χ1v) is 5.47. The monoisotopic (exact) mass is 243 g/mol. The zero-order chi connectivity index (χ0) is 13.1. The van der Waals surface area contributed by atoms with Crippen LogP contribution in [-0.4, -0.2) is 23.2 Å². The SMILES string of the molecule is COc1ccc(-c2cccc(C(=O)O)n2)cc1C. The van der Waals surface area contributed by atoms with Crippen LogP contribution in [0, 0.1) is 6.92 Å². The van der Waals surface area contributed by atoms with Gasteiger partial charge in [-0.15, -0.1) is 0 Å². The lowest BCUT2D eigenvalue weighted by Gasteiger charge is -2.07. The maximum atomic E-state index is 10.9. The third kappa shape index (κ3) is 2.32. The molecule has 4 nitrogen and oxygen atoms in total. The number of rotatable bonds is 3. The number of carboxylic acids is 1. The number of benzene rings is 1. The molecule has 0 spiro atoms. The Morgan fingerprint density at radius 3 is 2.67 bits per heavy atom. The van der Waals surface area contributed by atoms with E-state index in [0.29, 0.717) is 5.69 Å². The fraction of sp³-hybridized carbons (Fsp3) is 0.143. The van der Waals surface area contributed by atoms with Gasteiger partial charge in [0, 0.05) is 5.56 Å². The zero-order valence-corrected chi connectivity index (χ0v) is 10.2. The van der Waals surface area contributed by atoms with Crippen LogP contribution in [0.2, 0.25) is 0 Å². The summed E-state index contributed by atoms with van der Waals surface area (Å²) in [6.45, 7) is 1.93. The quantitative estimate of drug-likeness (QED) is 0.900. The number of hydrogen-bond acceptors (Lipinski definition) is 3. The van der Waals surface area contributed by atoms with Crippen molar-refractivity contribution in [3.63, 3.8) is 0 Å². The van der Waals surface area contributed by atoms with Crippen molar-refractivity contribution in [3.8, 4) is 17.0 Å². The highest BCUT2D eigenvalue weighted by Gasteiger charge is 2.07. The standard InChI is InChI=1S/C14H13NO3/c1-9-8-10(6-7-13(9)18-2)11-4-3-5-12(15-11)14(16)17/h3-8H,1-2H3,(H,16,17). The minimum Gasteiger partial charge on any atom is -0.496 e. The van der Waals surface area contributed by atoms with Gasteiger partial charge in [0.15, 0.2) is 0 Å². The van der Waals surface area contributed by atoms with Crippen molar-refractivity contribution in [2.45, 2.75) is 6.92 Å². The van der Waals surface area contributed by atoms with E-state index in [1.165, 1.54) is 6.07 Å². The van der Waals surface area contributed by atoms with Crippen molar-refractivity contribution in [1.82, 2.24) is 4.98 Å². The molecule has 18 heavy (non-hydrogen) atoms. The van der Waals surface area contributed by atoms with Gasteiger partial charge in [-0.2, -0.15) is 0 Å². The summed E-state index contributed by atoms with van der Waals surface area (Å²) in [6.07, 6.45) is 0. The second-order valence-corrected chi connectivity index (χ2v) is 3.90. The van der Waals surface area contributed by atoms with Crippen molar-refractivity contribution < 1.29 is 14.6 Å². The van der Waals surface area contributed by atoms with Gasteiger partial charge in [-0.05, 0) is 42.8 Å². The number of pyridine rings is 1. The number of ether oxygens (including phenoxy) is 1. The molecule has 0 saturated heterocycles. The van der Waals surface area contributed by atoms with Crippen molar-refractivity contribution in [2.75, 3.05) is 7.11 Å². The lowest BCUT2D eigenvalue weighted by Crippen LogP contribution is -2.00. The number of methoxy groups -OCH3 is 1. The third-order valence-electron chi connectivity index (χ3n) is 2.66. The summed E-state index contributed by atoms with van der Waals surface area (Å²) >= 11 is 0. The molecule has 0 radical (unpaired) electrons. The van der Waals surface area contributed by atoms with Crippen LogP contribution >= 0.6 is 0 Å². The molecule has 4 heteroatoms. The molecular formula is C14H13NO3. The van der Waals surface area contributed by atoms with E-state index in [1.807, 2.05) is 25.1 Å². The van der Waals surface area contributed by atoms with Crippen LogP contribution in [0.25, 0.3) is 11.3 Å². The Hall–Kier alpha value is -2.36. The Morgan fingerprint density at radius 2 is 2.06 bits per heavy atom. The third-order valence-corrected chi connectivity index (χ3v) is 2.66. The van der Waals surface area contributed by atoms with Gasteiger partial charge in [0.25, 0.3) is 0 Å². The molecular weight excluding hydrogens is 230 g/mol. The van der Waals surface area contributed by atoms with Crippen LogP contribution in [0.15, 0.2) is 36.4 Å². The van der Waals surface area contributed by atoms with Crippen LogP contribution in [0.1, 0.15) is 16.1 Å². The van der Waals surface area contributed by atoms with Crippen LogP contribution in [-0.2, 0) is 0 Å². The maximum absolute atomic E-state index is 10.9. The molecule has 0 unspecified atom stereocenters. The molecule has 2 rings (SSSR count). The molecule has 1 N–H and O–H groups in total. The molecule has 0 fully saturated rings. The summed E-state index contributed by atoms with van der Waals surface area (Å²) in [5.41, 5.74) is 2.54. The van der Waals surface area contributed by atoms with Gasteiger partial charge < -0.3 is 9.84 Å². The molecule has 0 aliphatic rings. The van der Waals surface area contributed by atoms with Crippen LogP contribution < -0.4 is 4.74 Å². The molecule has 0 amide bonds. The second kappa shape index (κ2) is 4.87. The van der Waals surface area contributed by atoms with Gasteiger partial charge >= 0.3 is 5.97 Å². The fourth-order valence-electron chi connectivity index (χ4n) is 1.75. The molecule has 1 aromatic carbocycles. The highest BCUT2D eigenvalue weighted by molar-refractivity contribution is 5.86. The topological polar surface area (TPSA) is 59.4 Å². The second-order valence-electron chi connectivity index (χ2n) is 3.90. The highest BCUT2D eigenvalue weighted by atomic mass is 16.5. The van der Waals surface area contributed by atoms with Crippen LogP contribution in [0.3, 0.4) is 0 Å². The first-order chi connectivity index (χ1) is 8.61. The van der Waals surface area contributed by atoms with Gasteiger partial charge in [0.05, 0.1) is 12.8 Å². The predicted octanol–water partition coefficient (Wildman–Crippen LogP) is 2.76. The van der Waals surface area contributed by atoms with E-state index >= 15 is 0 Å². The molecule has 2 aromatic rings. The number of hydrogen-bond donors (Lipinski definition) is 1. The van der Waals surface area contributed by atoms with E-state index in [4.69, 9.17) is 9.84 Å². The molecule has 0 saturated carbocycles. The average molecular weight is 243 g/mol. The van der Waals surface area contributed by atoms with Gasteiger partial charge in [0.2, 0.25) is 0 Å². The molecule has 92 valence electrons. The molecule has 0 aliphatic carbocycles. The van der Waals surface area contributed by atoms with E-state index in [0.717, 1.165) is 16.9 Å². The number of aromatic carboxylic acids is 1. The van der Waals surface area contributed by atoms with Crippen molar-refractivity contribution >= 4 is 5.97 Å². The first kappa shape index (κ1) is 12.1.